The van der Waals surface area contributed by atoms with Crippen molar-refractivity contribution in [3.05, 3.63) is 24.3 Å². The van der Waals surface area contributed by atoms with Crippen LogP contribution >= 0.6 is 0 Å². The maximum Gasteiger partial charge on any atom is 0.229 e. The first-order chi connectivity index (χ1) is 12.7. The molecule has 1 heterocycles. The lowest BCUT2D eigenvalue weighted by Gasteiger charge is -2.32. The molecular formula is C21H28N2O3. The molecule has 140 valence electrons. The van der Waals surface area contributed by atoms with Crippen LogP contribution in [0, 0.1) is 11.8 Å². The zero-order chi connectivity index (χ0) is 17.9. The molecule has 3 fully saturated rings. The highest BCUT2D eigenvalue weighted by Crippen LogP contribution is 2.33. The van der Waals surface area contributed by atoms with Crippen LogP contribution in [0.15, 0.2) is 24.3 Å². The van der Waals surface area contributed by atoms with Gasteiger partial charge >= 0.3 is 0 Å². The maximum atomic E-state index is 12.8. The fourth-order valence-corrected chi connectivity index (χ4v) is 4.07. The molecule has 5 heteroatoms. The standard InChI is InChI=1S/C21H28N2O3/c24-20(16-6-5-13-23(14-16)21(25)15-11-12-15)22-18-9-3-4-10-19(18)26-17-7-1-2-8-17/h3-4,9-10,15-17H,1-2,5-8,11-14H2,(H,22,24). The van der Waals surface area contributed by atoms with Crippen LogP contribution in [0.2, 0.25) is 0 Å². The number of piperidine rings is 1. The summed E-state index contributed by atoms with van der Waals surface area (Å²) in [5, 5.41) is 3.06. The van der Waals surface area contributed by atoms with Gasteiger partial charge in [-0.3, -0.25) is 9.59 Å². The molecule has 2 amide bonds. The van der Waals surface area contributed by atoms with Crippen molar-refractivity contribution in [3.8, 4) is 5.75 Å². The first-order valence-electron chi connectivity index (χ1n) is 10.1. The smallest absolute Gasteiger partial charge is 0.229 e. The minimum Gasteiger partial charge on any atom is -0.488 e. The van der Waals surface area contributed by atoms with E-state index in [0.29, 0.717) is 6.54 Å². The molecule has 0 spiro atoms. The summed E-state index contributed by atoms with van der Waals surface area (Å²) in [7, 11) is 0. The Bertz CT molecular complexity index is 665. The number of likely N-dealkylation sites (tertiary alicyclic amines) is 1. The van der Waals surface area contributed by atoms with Crippen LogP contribution in [0.4, 0.5) is 5.69 Å². The van der Waals surface area contributed by atoms with Crippen LogP contribution in [-0.2, 0) is 9.59 Å². The van der Waals surface area contributed by atoms with Crippen LogP contribution in [0.5, 0.6) is 5.75 Å². The molecule has 2 aliphatic carbocycles. The molecule has 1 aromatic carbocycles. The second-order valence-corrected chi connectivity index (χ2v) is 7.91. The molecule has 1 saturated heterocycles. The minimum atomic E-state index is -0.133. The van der Waals surface area contributed by atoms with Gasteiger partial charge in [-0.25, -0.2) is 0 Å². The van der Waals surface area contributed by atoms with Crippen LogP contribution in [-0.4, -0.2) is 35.9 Å². The number of nitrogens with zero attached hydrogens (tertiary/aromatic N) is 1. The second kappa shape index (κ2) is 7.68. The van der Waals surface area contributed by atoms with Gasteiger partial charge in [-0.2, -0.15) is 0 Å². The number of carbonyl (C=O) groups is 2. The summed E-state index contributed by atoms with van der Waals surface area (Å²) < 4.78 is 6.11. The Morgan fingerprint density at radius 1 is 0.962 bits per heavy atom. The number of hydrogen-bond acceptors (Lipinski definition) is 3. The van der Waals surface area contributed by atoms with Gasteiger partial charge < -0.3 is 15.0 Å². The van der Waals surface area contributed by atoms with E-state index in [2.05, 4.69) is 5.32 Å². The van der Waals surface area contributed by atoms with E-state index in [4.69, 9.17) is 4.74 Å². The van der Waals surface area contributed by atoms with Crippen LogP contribution in [0.1, 0.15) is 51.4 Å². The van der Waals surface area contributed by atoms with Crippen molar-refractivity contribution in [1.82, 2.24) is 4.90 Å². The number of benzene rings is 1. The zero-order valence-corrected chi connectivity index (χ0v) is 15.3. The summed E-state index contributed by atoms with van der Waals surface area (Å²) in [5.41, 5.74) is 0.745. The number of carbonyl (C=O) groups excluding carboxylic acids is 2. The number of nitrogens with one attached hydrogen (secondary N) is 1. The van der Waals surface area contributed by atoms with Gasteiger partial charge in [-0.15, -0.1) is 0 Å². The lowest BCUT2D eigenvalue weighted by Crippen LogP contribution is -2.44. The van der Waals surface area contributed by atoms with E-state index >= 15 is 0 Å². The number of rotatable bonds is 5. The van der Waals surface area contributed by atoms with E-state index in [1.54, 1.807) is 0 Å². The second-order valence-electron chi connectivity index (χ2n) is 7.91. The molecule has 0 radical (unpaired) electrons. The summed E-state index contributed by atoms with van der Waals surface area (Å²) in [5.74, 6) is 1.09. The maximum absolute atomic E-state index is 12.8. The van der Waals surface area contributed by atoms with Gasteiger partial charge in [0.25, 0.3) is 0 Å². The Kier molecular flexibility index (Phi) is 5.14. The molecule has 4 rings (SSSR count). The predicted molar refractivity (Wildman–Crippen MR) is 100.0 cm³/mol. The zero-order valence-electron chi connectivity index (χ0n) is 15.3. The summed E-state index contributed by atoms with van der Waals surface area (Å²) in [6.45, 7) is 1.34. The number of amides is 2. The van der Waals surface area contributed by atoms with Crippen molar-refractivity contribution in [2.75, 3.05) is 18.4 Å². The average Bonchev–Trinajstić information content (AvgIpc) is 3.40. The van der Waals surface area contributed by atoms with Gasteiger partial charge in [0.15, 0.2) is 0 Å². The van der Waals surface area contributed by atoms with Gasteiger partial charge in [0.05, 0.1) is 17.7 Å². The van der Waals surface area contributed by atoms with Crippen molar-refractivity contribution >= 4 is 17.5 Å². The monoisotopic (exact) mass is 356 g/mol. The molecule has 3 aliphatic rings. The topological polar surface area (TPSA) is 58.6 Å². The van der Waals surface area contributed by atoms with E-state index < -0.39 is 0 Å². The molecule has 1 N–H and O–H groups in total. The molecule has 0 aromatic heterocycles. The molecule has 1 unspecified atom stereocenters. The number of hydrogen-bond donors (Lipinski definition) is 1. The van der Waals surface area contributed by atoms with E-state index in [-0.39, 0.29) is 29.8 Å². The first-order valence-corrected chi connectivity index (χ1v) is 10.1. The van der Waals surface area contributed by atoms with Gasteiger partial charge in [-0.05, 0) is 63.5 Å². The van der Waals surface area contributed by atoms with E-state index in [9.17, 15) is 9.59 Å². The van der Waals surface area contributed by atoms with Crippen LogP contribution < -0.4 is 10.1 Å². The lowest BCUT2D eigenvalue weighted by molar-refractivity contribution is -0.135. The highest BCUT2D eigenvalue weighted by atomic mass is 16.5. The minimum absolute atomic E-state index is 0.000712. The molecule has 2 saturated carbocycles. The Hall–Kier alpha value is -2.04. The number of para-hydroxylation sites is 2. The first kappa shape index (κ1) is 17.4. The Labute approximate surface area is 155 Å². The van der Waals surface area contributed by atoms with Gasteiger partial charge in [0, 0.05) is 19.0 Å². The fraction of sp³-hybridized carbons (Fsp3) is 0.619. The SMILES string of the molecule is O=C(Nc1ccccc1OC1CCCC1)C1CCCN(C(=O)C2CC2)C1. The molecule has 1 atom stereocenters. The Morgan fingerprint density at radius 3 is 2.50 bits per heavy atom. The Morgan fingerprint density at radius 2 is 1.73 bits per heavy atom. The van der Waals surface area contributed by atoms with E-state index in [1.165, 1.54) is 12.8 Å². The third-order valence-corrected chi connectivity index (χ3v) is 5.77. The predicted octanol–water partition coefficient (Wildman–Crippen LogP) is 3.60. The molecule has 26 heavy (non-hydrogen) atoms. The molecule has 0 bridgehead atoms. The normalized spacial score (nSPS) is 23.7. The largest absolute Gasteiger partial charge is 0.488 e. The van der Waals surface area contributed by atoms with E-state index in [0.717, 1.165) is 56.5 Å². The number of anilines is 1. The lowest BCUT2D eigenvalue weighted by atomic mass is 9.96. The summed E-state index contributed by atoms with van der Waals surface area (Å²) in [6, 6.07) is 7.69. The van der Waals surface area contributed by atoms with Crippen molar-refractivity contribution < 1.29 is 14.3 Å². The van der Waals surface area contributed by atoms with Crippen molar-refractivity contribution in [2.24, 2.45) is 11.8 Å². The average molecular weight is 356 g/mol. The highest BCUT2D eigenvalue weighted by Gasteiger charge is 2.36. The highest BCUT2D eigenvalue weighted by molar-refractivity contribution is 5.94. The molecule has 5 nitrogen and oxygen atoms in total. The van der Waals surface area contributed by atoms with Crippen molar-refractivity contribution in [2.45, 2.75) is 57.5 Å². The quantitative estimate of drug-likeness (QED) is 0.877. The van der Waals surface area contributed by atoms with Crippen molar-refractivity contribution in [1.29, 1.82) is 0 Å². The van der Waals surface area contributed by atoms with Crippen LogP contribution in [0.25, 0.3) is 0 Å². The fourth-order valence-electron chi connectivity index (χ4n) is 4.07. The van der Waals surface area contributed by atoms with E-state index in [1.807, 2.05) is 29.2 Å². The van der Waals surface area contributed by atoms with Crippen molar-refractivity contribution in [3.63, 3.8) is 0 Å². The third-order valence-electron chi connectivity index (χ3n) is 5.77. The van der Waals surface area contributed by atoms with Crippen LogP contribution in [0.3, 0.4) is 0 Å². The van der Waals surface area contributed by atoms with Gasteiger partial charge in [-0.1, -0.05) is 12.1 Å². The Balaban J connectivity index is 1.38. The summed E-state index contributed by atoms with van der Waals surface area (Å²) >= 11 is 0. The molecule has 1 aromatic rings. The third kappa shape index (κ3) is 4.02. The van der Waals surface area contributed by atoms with Gasteiger partial charge in [0.1, 0.15) is 5.75 Å². The van der Waals surface area contributed by atoms with Gasteiger partial charge in [0.2, 0.25) is 11.8 Å². The summed E-state index contributed by atoms with van der Waals surface area (Å²) in [4.78, 5) is 27.0. The molecular weight excluding hydrogens is 328 g/mol. The molecule has 1 aliphatic heterocycles. The number of ether oxygens (including phenoxy) is 1. The summed E-state index contributed by atoms with van der Waals surface area (Å²) in [6.07, 6.45) is 8.62.